The molecule has 3 atom stereocenters. The molecule has 2 fully saturated rings. The van der Waals surface area contributed by atoms with E-state index < -0.39 is 0 Å². The fourth-order valence-electron chi connectivity index (χ4n) is 2.50. The fourth-order valence-corrected chi connectivity index (χ4v) is 2.50. The molecule has 0 aromatic carbocycles. The van der Waals surface area contributed by atoms with Gasteiger partial charge < -0.3 is 5.32 Å². The van der Waals surface area contributed by atoms with Crippen molar-refractivity contribution in [1.29, 1.82) is 5.26 Å². The highest BCUT2D eigenvalue weighted by Gasteiger charge is 2.36. The van der Waals surface area contributed by atoms with Gasteiger partial charge in [0.1, 0.15) is 0 Å². The number of rotatable bonds is 0. The number of fused-ring (bicyclic) bond motifs is 1. The highest BCUT2D eigenvalue weighted by atomic mass is 15.0. The van der Waals surface area contributed by atoms with Crippen LogP contribution in [-0.4, -0.2) is 12.6 Å². The lowest BCUT2D eigenvalue weighted by Crippen LogP contribution is -2.26. The second-order valence-corrected chi connectivity index (χ2v) is 3.72. The molecule has 1 heterocycles. The van der Waals surface area contributed by atoms with Crippen molar-refractivity contribution in [3.8, 4) is 6.07 Å². The molecule has 1 saturated heterocycles. The van der Waals surface area contributed by atoms with Crippen LogP contribution >= 0.6 is 0 Å². The SMILES string of the molecule is N#C[C@@H]1NC[C@H]2CCCC[C@H]21. The van der Waals surface area contributed by atoms with Crippen LogP contribution in [0.15, 0.2) is 0 Å². The lowest BCUT2D eigenvalue weighted by molar-refractivity contribution is 0.283. The molecule has 2 rings (SSSR count). The van der Waals surface area contributed by atoms with E-state index in [2.05, 4.69) is 11.4 Å². The Labute approximate surface area is 67.6 Å². The van der Waals surface area contributed by atoms with Crippen LogP contribution in [-0.2, 0) is 0 Å². The second kappa shape index (κ2) is 2.83. The lowest BCUT2D eigenvalue weighted by atomic mass is 9.79. The minimum Gasteiger partial charge on any atom is -0.301 e. The Morgan fingerprint density at radius 1 is 1.27 bits per heavy atom. The topological polar surface area (TPSA) is 35.8 Å². The van der Waals surface area contributed by atoms with Crippen molar-refractivity contribution in [3.05, 3.63) is 0 Å². The molecule has 0 aromatic heterocycles. The summed E-state index contributed by atoms with van der Waals surface area (Å²) in [7, 11) is 0. The average Bonchev–Trinajstić information content (AvgIpc) is 2.47. The van der Waals surface area contributed by atoms with E-state index in [0.29, 0.717) is 5.92 Å². The first-order valence-corrected chi connectivity index (χ1v) is 4.55. The van der Waals surface area contributed by atoms with Gasteiger partial charge in [0, 0.05) is 0 Å². The van der Waals surface area contributed by atoms with E-state index in [4.69, 9.17) is 5.26 Å². The minimum atomic E-state index is 0.167. The zero-order valence-electron chi connectivity index (χ0n) is 6.71. The molecule has 2 aliphatic rings. The fraction of sp³-hybridized carbons (Fsp3) is 0.889. The van der Waals surface area contributed by atoms with E-state index in [9.17, 15) is 0 Å². The van der Waals surface area contributed by atoms with Crippen molar-refractivity contribution in [3.63, 3.8) is 0 Å². The normalized spacial score (nSPS) is 43.0. The van der Waals surface area contributed by atoms with Crippen molar-refractivity contribution in [2.75, 3.05) is 6.54 Å². The molecule has 0 radical (unpaired) electrons. The van der Waals surface area contributed by atoms with Gasteiger partial charge in [-0.15, -0.1) is 0 Å². The molecule has 0 amide bonds. The summed E-state index contributed by atoms with van der Waals surface area (Å²) in [6, 6.07) is 2.52. The van der Waals surface area contributed by atoms with Crippen LogP contribution < -0.4 is 5.32 Å². The first-order valence-electron chi connectivity index (χ1n) is 4.55. The molecule has 2 heteroatoms. The maximum atomic E-state index is 8.79. The van der Waals surface area contributed by atoms with E-state index in [-0.39, 0.29) is 6.04 Å². The third kappa shape index (κ3) is 1.14. The summed E-state index contributed by atoms with van der Waals surface area (Å²) in [6.45, 7) is 1.09. The molecule has 1 N–H and O–H groups in total. The van der Waals surface area contributed by atoms with Gasteiger partial charge in [-0.05, 0) is 31.2 Å². The molecular formula is C9H14N2. The van der Waals surface area contributed by atoms with Crippen molar-refractivity contribution < 1.29 is 0 Å². The number of hydrogen-bond acceptors (Lipinski definition) is 2. The largest absolute Gasteiger partial charge is 0.301 e. The van der Waals surface area contributed by atoms with Crippen LogP contribution in [0.4, 0.5) is 0 Å². The van der Waals surface area contributed by atoms with Crippen LogP contribution in [0.5, 0.6) is 0 Å². The third-order valence-electron chi connectivity index (χ3n) is 3.14. The Bertz CT molecular complexity index is 182. The second-order valence-electron chi connectivity index (χ2n) is 3.72. The van der Waals surface area contributed by atoms with E-state index in [1.165, 1.54) is 25.7 Å². The number of nitriles is 1. The van der Waals surface area contributed by atoms with Crippen molar-refractivity contribution in [2.45, 2.75) is 31.7 Å². The Hall–Kier alpha value is -0.550. The van der Waals surface area contributed by atoms with Gasteiger partial charge in [0.05, 0.1) is 12.1 Å². The summed E-state index contributed by atoms with van der Waals surface area (Å²) < 4.78 is 0. The van der Waals surface area contributed by atoms with Gasteiger partial charge in [0.15, 0.2) is 0 Å². The molecule has 2 nitrogen and oxygen atoms in total. The molecule has 0 spiro atoms. The summed E-state index contributed by atoms with van der Waals surface area (Å²) in [5.74, 6) is 1.49. The molecule has 1 aliphatic heterocycles. The molecule has 1 saturated carbocycles. The van der Waals surface area contributed by atoms with Gasteiger partial charge >= 0.3 is 0 Å². The van der Waals surface area contributed by atoms with Crippen LogP contribution in [0.1, 0.15) is 25.7 Å². The third-order valence-corrected chi connectivity index (χ3v) is 3.14. The van der Waals surface area contributed by atoms with E-state index >= 15 is 0 Å². The van der Waals surface area contributed by atoms with Crippen LogP contribution in [0.3, 0.4) is 0 Å². The Kier molecular flexibility index (Phi) is 1.83. The van der Waals surface area contributed by atoms with Gasteiger partial charge in [-0.3, -0.25) is 0 Å². The highest BCUT2D eigenvalue weighted by Crippen LogP contribution is 2.35. The number of nitrogens with zero attached hydrogens (tertiary/aromatic N) is 1. The minimum absolute atomic E-state index is 0.167. The van der Waals surface area contributed by atoms with E-state index in [1.54, 1.807) is 0 Å². The molecular weight excluding hydrogens is 136 g/mol. The van der Waals surface area contributed by atoms with Crippen LogP contribution in [0.2, 0.25) is 0 Å². The summed E-state index contributed by atoms with van der Waals surface area (Å²) in [5, 5.41) is 12.1. The lowest BCUT2D eigenvalue weighted by Gasteiger charge is -2.25. The maximum absolute atomic E-state index is 8.79. The van der Waals surface area contributed by atoms with Crippen LogP contribution in [0.25, 0.3) is 0 Å². The monoisotopic (exact) mass is 150 g/mol. The average molecular weight is 150 g/mol. The predicted molar refractivity (Wildman–Crippen MR) is 42.9 cm³/mol. The predicted octanol–water partition coefficient (Wildman–Crippen LogP) is 1.29. The first-order chi connectivity index (χ1) is 5.42. The quantitative estimate of drug-likeness (QED) is 0.564. The number of nitrogens with one attached hydrogen (secondary N) is 1. The van der Waals surface area contributed by atoms with Gasteiger partial charge in [-0.25, -0.2) is 0 Å². The summed E-state index contributed by atoms with van der Waals surface area (Å²) >= 11 is 0. The molecule has 0 aromatic rings. The summed E-state index contributed by atoms with van der Waals surface area (Å²) in [5.41, 5.74) is 0. The Morgan fingerprint density at radius 3 is 2.91 bits per heavy atom. The van der Waals surface area contributed by atoms with Gasteiger partial charge in [-0.1, -0.05) is 12.8 Å². The summed E-state index contributed by atoms with van der Waals surface area (Å²) in [6.07, 6.45) is 5.33. The molecule has 0 unspecified atom stereocenters. The van der Waals surface area contributed by atoms with Gasteiger partial charge in [-0.2, -0.15) is 5.26 Å². The smallest absolute Gasteiger partial charge is 0.0984 e. The van der Waals surface area contributed by atoms with Gasteiger partial charge in [0.2, 0.25) is 0 Å². The number of hydrogen-bond donors (Lipinski definition) is 1. The van der Waals surface area contributed by atoms with Gasteiger partial charge in [0.25, 0.3) is 0 Å². The maximum Gasteiger partial charge on any atom is 0.0984 e. The Balaban J connectivity index is 2.05. The van der Waals surface area contributed by atoms with Crippen molar-refractivity contribution >= 4 is 0 Å². The van der Waals surface area contributed by atoms with Crippen molar-refractivity contribution in [2.24, 2.45) is 11.8 Å². The molecule has 60 valence electrons. The zero-order valence-corrected chi connectivity index (χ0v) is 6.71. The Morgan fingerprint density at radius 2 is 2.09 bits per heavy atom. The zero-order chi connectivity index (χ0) is 7.68. The first kappa shape index (κ1) is 7.12. The molecule has 11 heavy (non-hydrogen) atoms. The van der Waals surface area contributed by atoms with E-state index in [1.807, 2.05) is 0 Å². The van der Waals surface area contributed by atoms with Crippen molar-refractivity contribution in [1.82, 2.24) is 5.32 Å². The standard InChI is InChI=1S/C9H14N2/c10-5-9-8-4-2-1-3-7(8)6-11-9/h7-9,11H,1-4,6H2/t7-,8-,9+/m1/s1. The van der Waals surface area contributed by atoms with Crippen LogP contribution in [0, 0.1) is 23.2 Å². The molecule has 0 bridgehead atoms. The summed E-state index contributed by atoms with van der Waals surface area (Å²) in [4.78, 5) is 0. The highest BCUT2D eigenvalue weighted by molar-refractivity contribution is 5.03. The molecule has 1 aliphatic carbocycles. The van der Waals surface area contributed by atoms with E-state index in [0.717, 1.165) is 12.5 Å².